The molecule has 5 N–H and O–H groups in total. The van der Waals surface area contributed by atoms with Gasteiger partial charge in [0.15, 0.2) is 0 Å². The summed E-state index contributed by atoms with van der Waals surface area (Å²) in [4.78, 5) is 8.54. The van der Waals surface area contributed by atoms with Gasteiger partial charge in [-0.25, -0.2) is 0 Å². The normalized spacial score (nSPS) is 9.56. The summed E-state index contributed by atoms with van der Waals surface area (Å²) in [6.07, 6.45) is 1.31. The molecule has 0 radical (unpaired) electrons. The van der Waals surface area contributed by atoms with E-state index in [0.29, 0.717) is 11.3 Å². The predicted octanol–water partition coefficient (Wildman–Crippen LogP) is 0.257. The molecule has 0 saturated heterocycles. The van der Waals surface area contributed by atoms with Gasteiger partial charge in [0.1, 0.15) is 0 Å². The van der Waals surface area contributed by atoms with Crippen LogP contribution in [-0.4, -0.2) is 29.3 Å². The van der Waals surface area contributed by atoms with Crippen molar-refractivity contribution in [1.29, 1.82) is 0 Å². The topological polar surface area (TPSA) is 106 Å². The van der Waals surface area contributed by atoms with Gasteiger partial charge in [-0.05, 0) is 12.1 Å². The molecule has 16 heavy (non-hydrogen) atoms. The Balaban J connectivity index is 0.00000225. The van der Waals surface area contributed by atoms with E-state index in [0.717, 1.165) is 0 Å². The van der Waals surface area contributed by atoms with Crippen LogP contribution in [0.2, 0.25) is 0 Å². The molecule has 0 atom stereocenters. The number of methoxy groups -OCH3 is 1. The number of hydrogen-bond acceptors (Lipinski definition) is 2. The fraction of sp³-hybridized carbons (Fsp3) is 0.111. The van der Waals surface area contributed by atoms with Crippen molar-refractivity contribution in [1.82, 2.24) is 0 Å². The fourth-order valence-electron chi connectivity index (χ4n) is 0.976. The van der Waals surface area contributed by atoms with Crippen molar-refractivity contribution in [3.63, 3.8) is 0 Å². The zero-order valence-corrected chi connectivity index (χ0v) is 11.8. The monoisotopic (exact) mass is 274 g/mol. The Kier molecular flexibility index (Phi) is 6.11. The van der Waals surface area contributed by atoms with Crippen LogP contribution in [0.25, 0.3) is 5.43 Å². The Bertz CT molecular complexity index is 396. The molecule has 1 rings (SSSR count). The fourth-order valence-corrected chi connectivity index (χ4v) is 0.976. The minimum absolute atomic E-state index is 0. The van der Waals surface area contributed by atoms with Crippen LogP contribution in [0, 0.1) is 0 Å². The van der Waals surface area contributed by atoms with E-state index in [4.69, 9.17) is 20.4 Å². The van der Waals surface area contributed by atoms with Crippen LogP contribution < -0.4 is 10.5 Å². The molecule has 0 fully saturated rings. The van der Waals surface area contributed by atoms with Crippen molar-refractivity contribution in [2.45, 2.75) is 0 Å². The van der Waals surface area contributed by atoms with Crippen molar-refractivity contribution < 1.29 is 34.1 Å². The third-order valence-electron chi connectivity index (χ3n) is 1.64. The van der Waals surface area contributed by atoms with Gasteiger partial charge in [-0.2, -0.15) is 0 Å². The van der Waals surface area contributed by atoms with Crippen LogP contribution in [0.3, 0.4) is 0 Å². The summed E-state index contributed by atoms with van der Waals surface area (Å²) in [5.41, 5.74) is 8.61. The number of nitrogens with zero attached hydrogens (tertiary/aromatic N) is 2. The first-order valence-electron chi connectivity index (χ1n) is 4.09. The molecule has 7 heteroatoms. The van der Waals surface area contributed by atoms with Gasteiger partial charge < -0.3 is 15.6 Å². The third-order valence-corrected chi connectivity index (χ3v) is 1.64. The van der Waals surface area contributed by atoms with Crippen LogP contribution in [0.4, 0.5) is 0 Å². The van der Waals surface area contributed by atoms with Crippen molar-refractivity contribution in [3.8, 4) is 11.5 Å². The molecule has 6 nitrogen and oxygen atoms in total. The van der Waals surface area contributed by atoms with Crippen molar-refractivity contribution in [2.75, 3.05) is 7.11 Å². The molecule has 0 aliphatic carbocycles. The van der Waals surface area contributed by atoms with Crippen molar-refractivity contribution in [2.24, 2.45) is 10.8 Å². The van der Waals surface area contributed by atoms with Gasteiger partial charge in [-0.15, -0.1) is 0 Å². The number of rotatable bonds is 3. The van der Waals surface area contributed by atoms with Gasteiger partial charge in [-0.1, -0.05) is 6.07 Å². The Morgan fingerprint density at radius 1 is 1.62 bits per heavy atom. The summed E-state index contributed by atoms with van der Waals surface area (Å²) in [5.74, 6) is 0.648. The standard InChI is InChI=1S/C9H11N3O3.Zn/c1-15-7-4-2-3-6(8(7)13)5-11-12-9(10)14;/h2-5H,1H3,(H4,10,11,12,13,14);/q;+2/p+1. The van der Waals surface area contributed by atoms with Gasteiger partial charge in [0.05, 0.1) is 12.7 Å². The summed E-state index contributed by atoms with van der Waals surface area (Å²) in [6.45, 7) is 0. The number of para-hydroxylation sites is 1. The number of ether oxygens (including phenoxy) is 1. The zero-order chi connectivity index (χ0) is 11.3. The summed E-state index contributed by atoms with van der Waals surface area (Å²) < 4.78 is 4.95. The van der Waals surface area contributed by atoms with E-state index in [1.165, 1.54) is 13.3 Å². The van der Waals surface area contributed by atoms with E-state index < -0.39 is 6.03 Å². The average molecular weight is 276 g/mol. The Labute approximate surface area is 105 Å². The molecule has 1 aromatic carbocycles. The molecule has 80 valence electrons. The van der Waals surface area contributed by atoms with E-state index in [1.807, 2.05) is 0 Å². The maximum Gasteiger partial charge on any atom is 2.00 e. The minimum atomic E-state index is -0.624. The second-order valence-electron chi connectivity index (χ2n) is 2.63. The van der Waals surface area contributed by atoms with E-state index in [2.05, 4.69) is 10.5 Å². The van der Waals surface area contributed by atoms with Gasteiger partial charge in [0.2, 0.25) is 5.75 Å². The summed E-state index contributed by atoms with van der Waals surface area (Å²) in [6, 6.07) is 4.45. The van der Waals surface area contributed by atoms with Gasteiger partial charge in [-0.3, -0.25) is 15.3 Å². The first-order chi connectivity index (χ1) is 7.15. The molecule has 0 unspecified atom stereocenters. The number of hydrogen-bond donors (Lipinski definition) is 1. The summed E-state index contributed by atoms with van der Waals surface area (Å²) in [7, 11) is 1.48. The molecule has 1 aromatic rings. The number of benzene rings is 1. The molecular weight excluding hydrogens is 264 g/mol. The Hall–Kier alpha value is -1.62. The molecule has 0 saturated carbocycles. The zero-order valence-electron chi connectivity index (χ0n) is 8.84. The average Bonchev–Trinajstić information content (AvgIpc) is 2.20. The smallest absolute Gasteiger partial charge is 0.590 e. The number of primary amides is 1. The van der Waals surface area contributed by atoms with Crippen LogP contribution in [0.15, 0.2) is 23.3 Å². The van der Waals surface area contributed by atoms with Gasteiger partial charge in [0.25, 0.3) is 0 Å². The Morgan fingerprint density at radius 2 is 2.31 bits per heavy atom. The number of nitrogens with two attached hydrogens (primary N) is 1. The molecule has 0 aliphatic rings. The number of carbonyl (C=O) groups excluding carboxylic acids is 1. The van der Waals surface area contributed by atoms with Crippen molar-refractivity contribution >= 4 is 12.2 Å². The molecule has 0 bridgehead atoms. The van der Waals surface area contributed by atoms with Gasteiger partial charge in [0, 0.05) is 6.21 Å². The maximum atomic E-state index is 8.54. The second kappa shape index (κ2) is 6.79. The largest absolute Gasteiger partial charge is 2.00 e. The molecular formula is C9H12N3O3Zn+3. The molecule has 0 aromatic heterocycles. The third kappa shape index (κ3) is 3.86. The summed E-state index contributed by atoms with van der Waals surface area (Å²) >= 11 is 0. The summed E-state index contributed by atoms with van der Waals surface area (Å²) in [5, 5.41) is 11.2. The van der Waals surface area contributed by atoms with E-state index in [-0.39, 0.29) is 25.2 Å². The second-order valence-corrected chi connectivity index (χ2v) is 2.63. The minimum Gasteiger partial charge on any atom is -0.590 e. The van der Waals surface area contributed by atoms with E-state index >= 15 is 0 Å². The van der Waals surface area contributed by atoms with Crippen LogP contribution in [-0.2, 0) is 19.5 Å². The molecule has 0 aliphatic heterocycles. The molecule has 2 amide bonds. The van der Waals surface area contributed by atoms with E-state index in [1.54, 1.807) is 18.2 Å². The quantitative estimate of drug-likeness (QED) is 0.363. The first-order valence-corrected chi connectivity index (χ1v) is 4.09. The molecule has 0 heterocycles. The van der Waals surface area contributed by atoms with Crippen LogP contribution in [0.1, 0.15) is 5.56 Å². The predicted molar refractivity (Wildman–Crippen MR) is 58.1 cm³/mol. The first kappa shape index (κ1) is 14.4. The van der Waals surface area contributed by atoms with E-state index in [9.17, 15) is 0 Å². The van der Waals surface area contributed by atoms with Gasteiger partial charge >= 0.3 is 31.3 Å². The van der Waals surface area contributed by atoms with Crippen LogP contribution in [0.5, 0.6) is 11.5 Å². The SMILES string of the molecule is COc1cccc(C=N[N-]C(N)=[OH+])c1[OH2+].[Zn+2]. The number of urea groups is 1. The Morgan fingerprint density at radius 3 is 2.88 bits per heavy atom. The van der Waals surface area contributed by atoms with Crippen LogP contribution >= 0.6 is 0 Å². The maximum absolute atomic E-state index is 8.54. The van der Waals surface area contributed by atoms with Crippen molar-refractivity contribution in [3.05, 3.63) is 29.2 Å². The molecule has 0 spiro atoms. The number of amides is 2.